The minimum atomic E-state index is -0.514. The summed E-state index contributed by atoms with van der Waals surface area (Å²) in [6, 6.07) is 17.3. The van der Waals surface area contributed by atoms with Crippen LogP contribution in [0.15, 0.2) is 75.9 Å². The Morgan fingerprint density at radius 1 is 1.02 bits per heavy atom. The molecular formula is C36H28Br2ClFIN5O5. The molecule has 0 fully saturated rings. The summed E-state index contributed by atoms with van der Waals surface area (Å²) in [5, 5.41) is 9.58. The van der Waals surface area contributed by atoms with Gasteiger partial charge >= 0.3 is 0 Å². The fraction of sp³-hybridized carbons (Fsp3) is 0.167. The lowest BCUT2D eigenvalue weighted by atomic mass is 10.0. The fourth-order valence-electron chi connectivity index (χ4n) is 5.24. The van der Waals surface area contributed by atoms with Gasteiger partial charge in [0.2, 0.25) is 0 Å². The summed E-state index contributed by atoms with van der Waals surface area (Å²) in [6.07, 6.45) is 4.55. The zero-order valence-corrected chi connectivity index (χ0v) is 32.9. The molecule has 0 aliphatic carbocycles. The van der Waals surface area contributed by atoms with E-state index < -0.39 is 5.82 Å². The van der Waals surface area contributed by atoms with Gasteiger partial charge in [-0.2, -0.15) is 0 Å². The highest BCUT2D eigenvalue weighted by atomic mass is 127. The van der Waals surface area contributed by atoms with Gasteiger partial charge in [-0.1, -0.05) is 11.6 Å². The Kier molecular flexibility index (Phi) is 12.0. The van der Waals surface area contributed by atoms with Crippen LogP contribution in [0.1, 0.15) is 24.0 Å². The number of rotatable bonds is 13. The van der Waals surface area contributed by atoms with Gasteiger partial charge in [-0.3, -0.25) is 9.59 Å². The van der Waals surface area contributed by atoms with Crippen molar-refractivity contribution in [2.24, 2.45) is 0 Å². The van der Waals surface area contributed by atoms with Crippen molar-refractivity contribution in [1.29, 1.82) is 0 Å². The number of carbonyl (C=O) groups is 2. The lowest BCUT2D eigenvalue weighted by Crippen LogP contribution is -2.30. The first-order valence-electron chi connectivity index (χ1n) is 15.5. The Morgan fingerprint density at radius 2 is 1.82 bits per heavy atom. The Bertz CT molecular complexity index is 2170. The van der Waals surface area contributed by atoms with Crippen LogP contribution in [0.5, 0.6) is 17.2 Å². The molecule has 0 spiro atoms. The van der Waals surface area contributed by atoms with Crippen molar-refractivity contribution >= 4 is 118 Å². The summed E-state index contributed by atoms with van der Waals surface area (Å²) >= 11 is 15.2. The number of anilines is 3. The molecule has 262 valence electrons. The molecule has 1 aromatic heterocycles. The molecule has 6 rings (SSSR count). The monoisotopic (exact) mass is 949 g/mol. The van der Waals surface area contributed by atoms with Gasteiger partial charge in [-0.25, -0.2) is 14.4 Å². The molecule has 51 heavy (non-hydrogen) atoms. The molecule has 4 aromatic carbocycles. The highest BCUT2D eigenvalue weighted by molar-refractivity contribution is 14.1. The molecule has 1 aliphatic rings. The number of methoxy groups -OCH3 is 1. The lowest BCUT2D eigenvalue weighted by molar-refractivity contribution is -0.123. The summed E-state index contributed by atoms with van der Waals surface area (Å²) in [5.74, 6) is 1.03. The van der Waals surface area contributed by atoms with Crippen LogP contribution in [0.4, 0.5) is 21.6 Å². The van der Waals surface area contributed by atoms with Gasteiger partial charge in [0, 0.05) is 44.1 Å². The third kappa shape index (κ3) is 8.91. The molecule has 15 heteroatoms. The van der Waals surface area contributed by atoms with Crippen molar-refractivity contribution in [3.05, 3.63) is 101 Å². The first-order valence-corrected chi connectivity index (χ1v) is 18.5. The zero-order chi connectivity index (χ0) is 36.1. The average molecular weight is 952 g/mol. The fourth-order valence-corrected chi connectivity index (χ4v) is 7.37. The minimum Gasteiger partial charge on any atom is -0.493 e. The maximum atomic E-state index is 13.6. The van der Waals surface area contributed by atoms with Gasteiger partial charge in [-0.15, -0.1) is 0 Å². The highest BCUT2D eigenvalue weighted by Crippen LogP contribution is 2.39. The second-order valence-electron chi connectivity index (χ2n) is 11.2. The van der Waals surface area contributed by atoms with Gasteiger partial charge in [0.25, 0.3) is 11.8 Å². The first-order chi connectivity index (χ1) is 24.6. The Labute approximate surface area is 327 Å². The number of carbonyl (C=O) groups excluding carboxylic acids is 2. The van der Waals surface area contributed by atoms with Crippen molar-refractivity contribution in [3.63, 3.8) is 0 Å². The largest absolute Gasteiger partial charge is 0.493 e. The molecular weight excluding hydrogens is 924 g/mol. The van der Waals surface area contributed by atoms with Gasteiger partial charge in [-0.05, 0) is 134 Å². The lowest BCUT2D eigenvalue weighted by Gasteiger charge is -2.14. The van der Waals surface area contributed by atoms with E-state index in [2.05, 4.69) is 80.4 Å². The molecule has 0 unspecified atom stereocenters. The number of benzene rings is 4. The second kappa shape index (κ2) is 16.6. The Morgan fingerprint density at radius 3 is 2.59 bits per heavy atom. The molecule has 10 nitrogen and oxygen atoms in total. The number of hydrogen-bond donors (Lipinski definition) is 3. The van der Waals surface area contributed by atoms with Crippen molar-refractivity contribution in [2.45, 2.75) is 12.8 Å². The molecule has 3 N–H and O–H groups in total. The number of halogens is 5. The minimum absolute atomic E-state index is 0.00718. The first kappa shape index (κ1) is 36.8. The molecule has 2 amide bonds. The molecule has 0 saturated carbocycles. The topological polar surface area (TPSA) is 124 Å². The van der Waals surface area contributed by atoms with E-state index in [1.807, 2.05) is 36.4 Å². The summed E-state index contributed by atoms with van der Waals surface area (Å²) < 4.78 is 33.3. The molecule has 0 saturated heterocycles. The van der Waals surface area contributed by atoms with E-state index in [4.69, 9.17) is 25.8 Å². The molecule has 0 bridgehead atoms. The standard InChI is InChI=1S/C36H28Br2ClFIN5O5/c1-49-31-16-30-24(35(44-18-43-30)45-21-5-6-28(40)27(39)14-21)15-32(31)50-9-3-2-8-42-33(47)17-51-34-25(37)11-19(12-26(34)38)10-23-22-13-20(41)4-7-29(22)46-36(23)48/h4-7,10-16,18H,2-3,8-9,17H2,1H3,(H,42,47)(H,46,48)(H,43,44,45)/b23-10-. The van der Waals surface area contributed by atoms with Gasteiger partial charge in [0.1, 0.15) is 23.7 Å². The summed E-state index contributed by atoms with van der Waals surface area (Å²) in [4.78, 5) is 33.9. The van der Waals surface area contributed by atoms with E-state index in [0.717, 1.165) is 20.4 Å². The number of nitrogens with one attached hydrogen (secondary N) is 3. The predicted molar refractivity (Wildman–Crippen MR) is 212 cm³/mol. The number of nitrogens with zero attached hydrogens (tertiary/aromatic N) is 2. The third-order valence-corrected chi connectivity index (χ3v) is 9.84. The van der Waals surface area contributed by atoms with Gasteiger partial charge < -0.3 is 30.2 Å². The van der Waals surface area contributed by atoms with Gasteiger partial charge in [0.15, 0.2) is 18.1 Å². The number of hydrogen-bond acceptors (Lipinski definition) is 8. The molecule has 0 radical (unpaired) electrons. The van der Waals surface area contributed by atoms with Crippen LogP contribution in [-0.2, 0) is 9.59 Å². The Hall–Kier alpha value is -3.99. The van der Waals surface area contributed by atoms with E-state index in [-0.39, 0.29) is 23.4 Å². The summed E-state index contributed by atoms with van der Waals surface area (Å²) in [5.41, 5.74) is 4.18. The zero-order valence-electron chi connectivity index (χ0n) is 26.8. The van der Waals surface area contributed by atoms with Gasteiger partial charge in [0.05, 0.1) is 33.2 Å². The number of unbranched alkanes of at least 4 members (excludes halogenated alkanes) is 1. The van der Waals surface area contributed by atoms with Crippen LogP contribution in [-0.4, -0.2) is 48.7 Å². The van der Waals surface area contributed by atoms with E-state index in [0.29, 0.717) is 80.2 Å². The van der Waals surface area contributed by atoms with Crippen LogP contribution in [0.3, 0.4) is 0 Å². The van der Waals surface area contributed by atoms with E-state index in [1.165, 1.54) is 18.5 Å². The number of fused-ring (bicyclic) bond motifs is 2. The average Bonchev–Trinajstić information content (AvgIpc) is 3.40. The SMILES string of the molecule is COc1cc2ncnc(Nc3ccc(F)c(Cl)c3)c2cc1OCCCCNC(=O)COc1c(Br)cc(/C=C2\C(=O)Nc3ccc(I)cc32)cc1Br. The third-order valence-electron chi connectivity index (χ3n) is 7.70. The quantitative estimate of drug-likeness (QED) is 0.0607. The maximum absolute atomic E-state index is 13.6. The maximum Gasteiger partial charge on any atom is 0.257 e. The van der Waals surface area contributed by atoms with Crippen molar-refractivity contribution in [3.8, 4) is 17.2 Å². The normalized spacial score (nSPS) is 12.8. The van der Waals surface area contributed by atoms with Crippen molar-refractivity contribution in [2.75, 3.05) is 37.5 Å². The smallest absolute Gasteiger partial charge is 0.257 e. The van der Waals surface area contributed by atoms with Crippen LogP contribution in [0.25, 0.3) is 22.6 Å². The van der Waals surface area contributed by atoms with E-state index in [1.54, 1.807) is 25.3 Å². The number of aromatic nitrogens is 2. The van der Waals surface area contributed by atoms with Crippen molar-refractivity contribution in [1.82, 2.24) is 15.3 Å². The molecule has 0 atom stereocenters. The van der Waals surface area contributed by atoms with Crippen LogP contribution in [0, 0.1) is 9.39 Å². The molecule has 5 aromatic rings. The molecule has 2 heterocycles. The van der Waals surface area contributed by atoms with E-state index in [9.17, 15) is 14.0 Å². The van der Waals surface area contributed by atoms with Crippen molar-refractivity contribution < 1.29 is 28.2 Å². The summed E-state index contributed by atoms with van der Waals surface area (Å²) in [7, 11) is 1.55. The number of ether oxygens (including phenoxy) is 3. The van der Waals surface area contributed by atoms with Crippen LogP contribution in [0.2, 0.25) is 5.02 Å². The van der Waals surface area contributed by atoms with Crippen LogP contribution < -0.4 is 30.2 Å². The predicted octanol–water partition coefficient (Wildman–Crippen LogP) is 9.15. The highest BCUT2D eigenvalue weighted by Gasteiger charge is 2.24. The van der Waals surface area contributed by atoms with E-state index >= 15 is 0 Å². The Balaban J connectivity index is 0.986. The number of amides is 2. The summed E-state index contributed by atoms with van der Waals surface area (Å²) in [6.45, 7) is 0.617. The van der Waals surface area contributed by atoms with Crippen LogP contribution >= 0.6 is 66.1 Å². The molecule has 1 aliphatic heterocycles. The second-order valence-corrected chi connectivity index (χ2v) is 14.6.